The van der Waals surface area contributed by atoms with E-state index in [2.05, 4.69) is 39.8 Å². The molecule has 0 aromatic heterocycles. The molecule has 1 saturated heterocycles. The molecule has 1 aliphatic rings. The summed E-state index contributed by atoms with van der Waals surface area (Å²) in [6.45, 7) is 7.13. The number of morpholine rings is 1. The van der Waals surface area contributed by atoms with Crippen LogP contribution in [0.2, 0.25) is 0 Å². The fourth-order valence-electron chi connectivity index (χ4n) is 3.68. The summed E-state index contributed by atoms with van der Waals surface area (Å²) in [6.07, 6.45) is 0. The number of ether oxygens (including phenoxy) is 1. The Bertz CT molecular complexity index is 906. The Morgan fingerprint density at radius 2 is 1.71 bits per heavy atom. The number of nitrogens with one attached hydrogen (secondary N) is 2. The van der Waals surface area contributed by atoms with E-state index in [9.17, 15) is 9.59 Å². The molecule has 7 heteroatoms. The van der Waals surface area contributed by atoms with Gasteiger partial charge in [0.2, 0.25) is 0 Å². The van der Waals surface area contributed by atoms with Crippen LogP contribution in [0.4, 0.5) is 11.4 Å². The van der Waals surface area contributed by atoms with Gasteiger partial charge in [0, 0.05) is 45.1 Å². The first kappa shape index (κ1) is 22.8. The lowest BCUT2D eigenvalue weighted by Crippen LogP contribution is -2.45. The van der Waals surface area contributed by atoms with Crippen LogP contribution in [-0.4, -0.2) is 63.7 Å². The van der Waals surface area contributed by atoms with Crippen LogP contribution in [-0.2, 0) is 14.3 Å². The maximum atomic E-state index is 12.5. The Morgan fingerprint density at radius 3 is 2.35 bits per heavy atom. The Kier molecular flexibility index (Phi) is 7.65. The molecule has 0 radical (unpaired) electrons. The van der Waals surface area contributed by atoms with Gasteiger partial charge in [-0.2, -0.15) is 0 Å². The molecule has 1 heterocycles. The number of benzene rings is 2. The summed E-state index contributed by atoms with van der Waals surface area (Å²) >= 11 is 0. The van der Waals surface area contributed by atoms with Gasteiger partial charge in [-0.1, -0.05) is 24.3 Å². The van der Waals surface area contributed by atoms with Crippen molar-refractivity contribution in [3.8, 4) is 0 Å². The van der Waals surface area contributed by atoms with Crippen molar-refractivity contribution in [2.75, 3.05) is 57.2 Å². The van der Waals surface area contributed by atoms with E-state index in [0.717, 1.165) is 35.5 Å². The number of anilines is 2. The van der Waals surface area contributed by atoms with E-state index >= 15 is 0 Å². The van der Waals surface area contributed by atoms with Crippen LogP contribution in [0.3, 0.4) is 0 Å². The number of aryl methyl sites for hydroxylation is 1. The normalized spacial score (nSPS) is 15.2. The number of hydrogen-bond acceptors (Lipinski definition) is 5. The van der Waals surface area contributed by atoms with Crippen molar-refractivity contribution in [3.05, 3.63) is 59.2 Å². The molecule has 1 aliphatic heterocycles. The maximum absolute atomic E-state index is 12.5. The fraction of sp³-hybridized carbons (Fsp3) is 0.417. The Hall–Kier alpha value is -2.90. The van der Waals surface area contributed by atoms with Gasteiger partial charge >= 0.3 is 11.8 Å². The highest BCUT2D eigenvalue weighted by Gasteiger charge is 2.25. The third kappa shape index (κ3) is 5.83. The first-order chi connectivity index (χ1) is 14.9. The third-order valence-electron chi connectivity index (χ3n) is 5.80. The van der Waals surface area contributed by atoms with Crippen molar-refractivity contribution in [3.63, 3.8) is 0 Å². The number of rotatable bonds is 6. The van der Waals surface area contributed by atoms with Gasteiger partial charge in [0.05, 0.1) is 19.3 Å². The number of carbonyl (C=O) groups excluding carboxylic acids is 2. The summed E-state index contributed by atoms with van der Waals surface area (Å²) in [6, 6.07) is 13.9. The molecule has 2 N–H and O–H groups in total. The molecule has 1 atom stereocenters. The molecule has 0 spiro atoms. The van der Waals surface area contributed by atoms with Gasteiger partial charge in [-0.3, -0.25) is 14.5 Å². The molecular formula is C24H32N4O3. The van der Waals surface area contributed by atoms with Crippen LogP contribution in [0, 0.1) is 13.8 Å². The van der Waals surface area contributed by atoms with Crippen molar-refractivity contribution in [1.29, 1.82) is 0 Å². The number of carbonyl (C=O) groups is 2. The highest BCUT2D eigenvalue weighted by Crippen LogP contribution is 2.24. The topological polar surface area (TPSA) is 73.9 Å². The van der Waals surface area contributed by atoms with Crippen molar-refractivity contribution in [2.24, 2.45) is 0 Å². The van der Waals surface area contributed by atoms with Crippen LogP contribution < -0.4 is 15.5 Å². The molecule has 0 aliphatic carbocycles. The number of hydrogen-bond donors (Lipinski definition) is 2. The highest BCUT2D eigenvalue weighted by atomic mass is 16.5. The summed E-state index contributed by atoms with van der Waals surface area (Å²) in [5, 5.41) is 5.55. The molecule has 31 heavy (non-hydrogen) atoms. The Balaban J connectivity index is 1.68. The minimum Gasteiger partial charge on any atom is -0.379 e. The number of nitrogens with zero attached hydrogens (tertiary/aromatic N) is 2. The van der Waals surface area contributed by atoms with E-state index in [0.29, 0.717) is 25.4 Å². The second-order valence-corrected chi connectivity index (χ2v) is 8.06. The van der Waals surface area contributed by atoms with Gasteiger partial charge in [-0.25, -0.2) is 0 Å². The Labute approximate surface area is 184 Å². The standard InChI is InChI=1S/C24H32N4O3/c1-17-6-5-7-21(18(17)2)26-24(30)23(29)25-16-22(28-12-14-31-15-13-28)19-8-10-20(11-9-19)27(3)4/h5-11,22H,12-16H2,1-4H3,(H,25,29)(H,26,30). The van der Waals surface area contributed by atoms with Crippen LogP contribution >= 0.6 is 0 Å². The van der Waals surface area contributed by atoms with E-state index in [-0.39, 0.29) is 6.04 Å². The molecule has 166 valence electrons. The molecular weight excluding hydrogens is 392 g/mol. The first-order valence-corrected chi connectivity index (χ1v) is 10.6. The SMILES string of the molecule is Cc1cccc(NC(=O)C(=O)NCC(c2ccc(N(C)C)cc2)N2CCOCC2)c1C. The minimum atomic E-state index is -0.655. The lowest BCUT2D eigenvalue weighted by Gasteiger charge is -2.35. The van der Waals surface area contributed by atoms with Crippen LogP contribution in [0.1, 0.15) is 22.7 Å². The zero-order valence-corrected chi connectivity index (χ0v) is 18.8. The smallest absolute Gasteiger partial charge is 0.313 e. The minimum absolute atomic E-state index is 0.0300. The van der Waals surface area contributed by atoms with Crippen molar-refractivity contribution >= 4 is 23.2 Å². The zero-order valence-electron chi connectivity index (χ0n) is 18.8. The molecule has 2 amide bonds. The van der Waals surface area contributed by atoms with Gasteiger partial charge in [0.25, 0.3) is 0 Å². The third-order valence-corrected chi connectivity index (χ3v) is 5.80. The van der Waals surface area contributed by atoms with E-state index in [4.69, 9.17) is 4.74 Å². The first-order valence-electron chi connectivity index (χ1n) is 10.6. The Morgan fingerprint density at radius 1 is 1.03 bits per heavy atom. The van der Waals surface area contributed by atoms with Gasteiger partial charge in [0.15, 0.2) is 0 Å². The van der Waals surface area contributed by atoms with Gasteiger partial charge in [-0.15, -0.1) is 0 Å². The van der Waals surface area contributed by atoms with Gasteiger partial charge in [-0.05, 0) is 48.7 Å². The largest absolute Gasteiger partial charge is 0.379 e. The summed E-state index contributed by atoms with van der Waals surface area (Å²) in [5.41, 5.74) is 4.89. The molecule has 1 fully saturated rings. The summed E-state index contributed by atoms with van der Waals surface area (Å²) in [5.74, 6) is -1.29. The molecule has 7 nitrogen and oxygen atoms in total. The van der Waals surface area contributed by atoms with Crippen LogP contribution in [0.15, 0.2) is 42.5 Å². The average Bonchev–Trinajstić information content (AvgIpc) is 2.78. The second kappa shape index (κ2) is 10.4. The summed E-state index contributed by atoms with van der Waals surface area (Å²) < 4.78 is 5.49. The summed E-state index contributed by atoms with van der Waals surface area (Å²) in [4.78, 5) is 29.3. The lowest BCUT2D eigenvalue weighted by molar-refractivity contribution is -0.136. The van der Waals surface area contributed by atoms with E-state index in [1.165, 1.54) is 0 Å². The fourth-order valence-corrected chi connectivity index (χ4v) is 3.68. The van der Waals surface area contributed by atoms with Gasteiger partial charge in [0.1, 0.15) is 0 Å². The number of amides is 2. The van der Waals surface area contributed by atoms with E-state index < -0.39 is 11.8 Å². The molecule has 0 bridgehead atoms. The molecule has 0 saturated carbocycles. The molecule has 2 aromatic carbocycles. The van der Waals surface area contributed by atoms with Gasteiger partial charge < -0.3 is 20.3 Å². The predicted molar refractivity (Wildman–Crippen MR) is 123 cm³/mol. The van der Waals surface area contributed by atoms with Crippen molar-refractivity contribution in [2.45, 2.75) is 19.9 Å². The molecule has 3 rings (SSSR count). The molecule has 2 aromatic rings. The second-order valence-electron chi connectivity index (χ2n) is 8.06. The lowest BCUT2D eigenvalue weighted by atomic mass is 10.0. The quantitative estimate of drug-likeness (QED) is 0.697. The zero-order chi connectivity index (χ0) is 22.4. The summed E-state index contributed by atoms with van der Waals surface area (Å²) in [7, 11) is 4.01. The van der Waals surface area contributed by atoms with Crippen molar-refractivity contribution < 1.29 is 14.3 Å². The van der Waals surface area contributed by atoms with Crippen LogP contribution in [0.5, 0.6) is 0 Å². The molecule has 1 unspecified atom stereocenters. The monoisotopic (exact) mass is 424 g/mol. The highest BCUT2D eigenvalue weighted by molar-refractivity contribution is 6.39. The maximum Gasteiger partial charge on any atom is 0.313 e. The predicted octanol–water partition coefficient (Wildman–Crippen LogP) is 2.50. The average molecular weight is 425 g/mol. The van der Waals surface area contributed by atoms with Crippen LogP contribution in [0.25, 0.3) is 0 Å². The van der Waals surface area contributed by atoms with Crippen molar-refractivity contribution in [1.82, 2.24) is 10.2 Å². The van der Waals surface area contributed by atoms with E-state index in [1.54, 1.807) is 6.07 Å². The van der Waals surface area contributed by atoms with E-state index in [1.807, 2.05) is 45.0 Å².